The monoisotopic (exact) mass is 1090 g/mol. The average Bonchev–Trinajstić information content (AvgIpc) is 3.72. The Morgan fingerprint density at radius 2 is 1.16 bits per heavy atom. The average molecular weight is 1090 g/mol. The fourth-order valence-electron chi connectivity index (χ4n) is 15.4. The van der Waals surface area contributed by atoms with Crippen molar-refractivity contribution in [2.24, 2.45) is 57.7 Å². The standard InChI is InChI=1S/C61H107N3O13/c1-45(2)20-19-21-46(3)50-25-26-51-49-24-23-47-38-48(27-31-59(47,4)52(49)28-32-60(50,51)5)77-37-18-14-10-9-13-17-30-61(43-65,44-66)29-16-12-8-6-7-11-15-22-53(58(75)76)64(42-57(73)74)36-35-62(39-54(67)68)33-34-63(40-55(69)70)41-56(71)72/h11,15,45-53,65-66H,6-10,12-14,16-44H2,1-5H3,(H,67,68)(H,69,70)(H,71,72)(H,73,74)(H,75,76)/b15-11+/t46-,47?,48+,49+,50-,51+,52+,53?,59+,60-/m1/s1. The van der Waals surface area contributed by atoms with E-state index >= 15 is 0 Å². The molecule has 0 saturated heterocycles. The summed E-state index contributed by atoms with van der Waals surface area (Å²) in [5.41, 5.74) is 0.567. The van der Waals surface area contributed by atoms with E-state index in [1.165, 1.54) is 99.7 Å². The van der Waals surface area contributed by atoms with Crippen molar-refractivity contribution in [1.82, 2.24) is 14.7 Å². The van der Waals surface area contributed by atoms with E-state index in [-0.39, 0.29) is 45.8 Å². The first-order chi connectivity index (χ1) is 36.7. The highest BCUT2D eigenvalue weighted by atomic mass is 16.5. The summed E-state index contributed by atoms with van der Waals surface area (Å²) in [5, 5.41) is 68.0. The molecule has 16 nitrogen and oxygen atoms in total. The molecule has 444 valence electrons. The molecule has 4 saturated carbocycles. The van der Waals surface area contributed by atoms with Crippen LogP contribution in [0, 0.1) is 57.7 Å². The van der Waals surface area contributed by atoms with Gasteiger partial charge >= 0.3 is 29.8 Å². The second kappa shape index (κ2) is 33.6. The molecule has 0 bridgehead atoms. The molecule has 4 rings (SSSR count). The highest BCUT2D eigenvalue weighted by molar-refractivity contribution is 5.76. The Hall–Kier alpha value is -3.15. The fourth-order valence-corrected chi connectivity index (χ4v) is 15.4. The number of aliphatic hydroxyl groups is 2. The molecular weight excluding hydrogens is 983 g/mol. The molecule has 0 heterocycles. The van der Waals surface area contributed by atoms with Gasteiger partial charge in [-0.25, -0.2) is 0 Å². The molecule has 4 fully saturated rings. The summed E-state index contributed by atoms with van der Waals surface area (Å²) in [7, 11) is 0. The normalized spacial score (nSPS) is 26.3. The SMILES string of the molecule is CC(C)CCC[C@@H](C)[C@H]1CC[C@H]2[C@@H]3CCC4C[C@@H](OCCCCCCCCC(CO)(CO)CCCCCC/C=C/CC(C(=O)O)N(CCN(CCN(CC(=O)O)CC(=O)O)CC(=O)O)CC(=O)O)CC[C@]4(C)[C@H]3CC[C@]12C. The second-order valence-electron chi connectivity index (χ2n) is 25.7. The van der Waals surface area contributed by atoms with Crippen LogP contribution in [0.4, 0.5) is 0 Å². The number of nitrogens with zero attached hydrogens (tertiary/aromatic N) is 3. The van der Waals surface area contributed by atoms with Gasteiger partial charge < -0.3 is 40.5 Å². The Labute approximate surface area is 463 Å². The number of carbonyl (C=O) groups is 5. The van der Waals surface area contributed by atoms with Crippen LogP contribution in [0.5, 0.6) is 0 Å². The molecular formula is C61H107N3O13. The van der Waals surface area contributed by atoms with E-state index in [9.17, 15) is 49.5 Å². The van der Waals surface area contributed by atoms with Gasteiger partial charge in [0, 0.05) is 38.2 Å². The topological polar surface area (TPSA) is 246 Å². The van der Waals surface area contributed by atoms with Gasteiger partial charge in [-0.05, 0) is 149 Å². The maximum Gasteiger partial charge on any atom is 0.321 e. The first kappa shape index (κ1) is 66.4. The summed E-state index contributed by atoms with van der Waals surface area (Å²) < 4.78 is 6.61. The molecule has 4 aliphatic carbocycles. The van der Waals surface area contributed by atoms with Crippen LogP contribution in [0.2, 0.25) is 0 Å². The minimum absolute atomic E-state index is 0.0243. The molecule has 77 heavy (non-hydrogen) atoms. The van der Waals surface area contributed by atoms with Gasteiger partial charge in [0.2, 0.25) is 0 Å². The highest BCUT2D eigenvalue weighted by Crippen LogP contribution is 2.68. The molecule has 16 heteroatoms. The van der Waals surface area contributed by atoms with Crippen LogP contribution in [0.3, 0.4) is 0 Å². The van der Waals surface area contributed by atoms with Crippen LogP contribution in [0.15, 0.2) is 12.2 Å². The number of aliphatic carboxylic acids is 5. The molecule has 2 unspecified atom stereocenters. The van der Waals surface area contributed by atoms with E-state index in [1.54, 1.807) is 6.08 Å². The number of hydrogen-bond acceptors (Lipinski definition) is 11. The third-order valence-corrected chi connectivity index (χ3v) is 19.9. The summed E-state index contributed by atoms with van der Waals surface area (Å²) in [6.07, 6.45) is 33.3. The van der Waals surface area contributed by atoms with Crippen molar-refractivity contribution in [3.63, 3.8) is 0 Å². The Morgan fingerprint density at radius 1 is 0.597 bits per heavy atom. The second-order valence-corrected chi connectivity index (χ2v) is 25.7. The van der Waals surface area contributed by atoms with Crippen molar-refractivity contribution in [2.75, 3.05) is 72.2 Å². The lowest BCUT2D eigenvalue weighted by Gasteiger charge is -2.61. The zero-order chi connectivity index (χ0) is 56.6. The number of aliphatic hydroxyl groups excluding tert-OH is 2. The van der Waals surface area contributed by atoms with Crippen molar-refractivity contribution >= 4 is 29.8 Å². The summed E-state index contributed by atoms with van der Waals surface area (Å²) >= 11 is 0. The predicted molar refractivity (Wildman–Crippen MR) is 300 cm³/mol. The Balaban J connectivity index is 1.07. The molecule has 0 aromatic heterocycles. The third kappa shape index (κ3) is 21.4. The minimum Gasteiger partial charge on any atom is -0.480 e. The predicted octanol–water partition coefficient (Wildman–Crippen LogP) is 10.2. The van der Waals surface area contributed by atoms with Crippen LogP contribution in [0.1, 0.15) is 202 Å². The van der Waals surface area contributed by atoms with Crippen LogP contribution < -0.4 is 0 Å². The molecule has 0 aliphatic heterocycles. The molecule has 0 amide bonds. The maximum absolute atomic E-state index is 12.3. The van der Waals surface area contributed by atoms with Gasteiger partial charge in [0.15, 0.2) is 0 Å². The first-order valence-corrected chi connectivity index (χ1v) is 30.4. The number of hydrogen-bond donors (Lipinski definition) is 7. The molecule has 0 aromatic rings. The van der Waals surface area contributed by atoms with E-state index < -0.39 is 67.5 Å². The Kier molecular flexibility index (Phi) is 28.9. The van der Waals surface area contributed by atoms with Gasteiger partial charge in [-0.3, -0.25) is 38.7 Å². The summed E-state index contributed by atoms with van der Waals surface area (Å²) in [6.45, 7) is 11.0. The van der Waals surface area contributed by atoms with E-state index in [0.29, 0.717) is 23.4 Å². The van der Waals surface area contributed by atoms with Gasteiger partial charge in [-0.2, -0.15) is 0 Å². The van der Waals surface area contributed by atoms with Crippen molar-refractivity contribution in [3.8, 4) is 0 Å². The van der Waals surface area contributed by atoms with Crippen LogP contribution in [0.25, 0.3) is 0 Å². The number of unbranched alkanes of at least 4 members (excludes halogenated alkanes) is 9. The third-order valence-electron chi connectivity index (χ3n) is 19.9. The summed E-state index contributed by atoms with van der Waals surface area (Å²) in [6, 6.07) is -1.20. The lowest BCUT2D eigenvalue weighted by molar-refractivity contribution is -0.147. The van der Waals surface area contributed by atoms with E-state index in [0.717, 1.165) is 117 Å². The largest absolute Gasteiger partial charge is 0.480 e. The zero-order valence-electron chi connectivity index (χ0n) is 48.4. The van der Waals surface area contributed by atoms with Gasteiger partial charge in [0.1, 0.15) is 6.04 Å². The maximum atomic E-state index is 12.3. The lowest BCUT2D eigenvalue weighted by Crippen LogP contribution is -2.54. The van der Waals surface area contributed by atoms with Gasteiger partial charge in [-0.15, -0.1) is 0 Å². The molecule has 0 aromatic carbocycles. The summed E-state index contributed by atoms with van der Waals surface area (Å²) in [5.74, 6) is 0.0108. The van der Waals surface area contributed by atoms with E-state index in [2.05, 4.69) is 34.6 Å². The van der Waals surface area contributed by atoms with Gasteiger partial charge in [0.05, 0.1) is 45.5 Å². The summed E-state index contributed by atoms with van der Waals surface area (Å²) in [4.78, 5) is 61.8. The quantitative estimate of drug-likeness (QED) is 0.0222. The highest BCUT2D eigenvalue weighted by Gasteiger charge is 2.60. The molecule has 7 N–H and O–H groups in total. The van der Waals surface area contributed by atoms with Crippen molar-refractivity contribution < 1.29 is 64.5 Å². The number of carboxylic acid groups (broad SMARTS) is 5. The fraction of sp³-hybridized carbons (Fsp3) is 0.885. The minimum atomic E-state index is -1.25. The zero-order valence-corrected chi connectivity index (χ0v) is 48.4. The van der Waals surface area contributed by atoms with Crippen molar-refractivity contribution in [3.05, 3.63) is 12.2 Å². The van der Waals surface area contributed by atoms with Crippen molar-refractivity contribution in [1.29, 1.82) is 0 Å². The Bertz CT molecular complexity index is 1800. The number of carboxylic acids is 5. The lowest BCUT2D eigenvalue weighted by atomic mass is 9.44. The smallest absolute Gasteiger partial charge is 0.321 e. The van der Waals surface area contributed by atoms with Gasteiger partial charge in [-0.1, -0.05) is 117 Å². The number of allylic oxidation sites excluding steroid dienone is 1. The van der Waals surface area contributed by atoms with E-state index in [1.807, 2.05) is 6.08 Å². The molecule has 10 atom stereocenters. The number of ether oxygens (including phenoxy) is 1. The number of rotatable bonds is 42. The van der Waals surface area contributed by atoms with Crippen LogP contribution in [-0.4, -0.2) is 165 Å². The van der Waals surface area contributed by atoms with Crippen molar-refractivity contribution in [2.45, 2.75) is 214 Å². The van der Waals surface area contributed by atoms with Crippen LogP contribution in [-0.2, 0) is 28.7 Å². The molecule has 0 radical (unpaired) electrons. The first-order valence-electron chi connectivity index (χ1n) is 30.4. The van der Waals surface area contributed by atoms with Gasteiger partial charge in [0.25, 0.3) is 0 Å². The molecule has 4 aliphatic rings. The van der Waals surface area contributed by atoms with E-state index in [4.69, 9.17) is 14.9 Å². The van der Waals surface area contributed by atoms with Crippen LogP contribution >= 0.6 is 0 Å². The number of fused-ring (bicyclic) bond motifs is 5. The Morgan fingerprint density at radius 3 is 1.77 bits per heavy atom. The molecule has 0 spiro atoms.